The van der Waals surface area contributed by atoms with Crippen molar-refractivity contribution in [1.82, 2.24) is 0 Å². The first-order valence-electron chi connectivity index (χ1n) is 7.79. The summed E-state index contributed by atoms with van der Waals surface area (Å²) in [7, 11) is 0. The molecule has 188 valence electrons. The lowest BCUT2D eigenvalue weighted by Gasteiger charge is -2.51. The summed E-state index contributed by atoms with van der Waals surface area (Å²) < 4.78 is 204. The van der Waals surface area contributed by atoms with Gasteiger partial charge in [-0.15, -0.1) is 0 Å². The molecule has 0 aromatic heterocycles. The molecule has 1 aliphatic rings. The van der Waals surface area contributed by atoms with Gasteiger partial charge in [0.05, 0.1) is 0 Å². The number of ketones is 1. The number of hydrogen-bond acceptors (Lipinski definition) is 3. The number of halogens is 15. The van der Waals surface area contributed by atoms with Crippen molar-refractivity contribution < 1.29 is 75.8 Å². The lowest BCUT2D eigenvalue weighted by Crippen LogP contribution is -2.85. The van der Waals surface area contributed by atoms with Crippen LogP contribution in [0.15, 0.2) is 6.08 Å². The molecular weight excluding hydrogens is 523 g/mol. The molecule has 0 bridgehead atoms. The number of carbonyl (C=O) groups is 1. The zero-order valence-electron chi connectivity index (χ0n) is 15.0. The summed E-state index contributed by atoms with van der Waals surface area (Å²) in [5.74, 6) is -57.0. The van der Waals surface area contributed by atoms with E-state index in [9.17, 15) is 75.8 Å². The Kier molecular flexibility index (Phi) is 5.73. The minimum atomic E-state index is -7.73. The molecule has 34 heavy (non-hydrogen) atoms. The third-order valence-electron chi connectivity index (χ3n) is 4.67. The van der Waals surface area contributed by atoms with E-state index in [-0.39, 0.29) is 0 Å². The molecule has 1 fully saturated rings. The molecule has 1 saturated carbocycles. The van der Waals surface area contributed by atoms with Crippen LogP contribution in [-0.4, -0.2) is 41.1 Å². The molecule has 0 atom stereocenters. The molecule has 1 aromatic carbocycles. The second-order valence-corrected chi connectivity index (χ2v) is 6.52. The first-order chi connectivity index (χ1) is 15.0. The number of hydrogen-bond donors (Lipinski definition) is 0. The van der Waals surface area contributed by atoms with Gasteiger partial charge in [-0.1, -0.05) is 5.76 Å². The van der Waals surface area contributed by atoms with E-state index in [0.29, 0.717) is 6.07 Å². The minimum absolute atomic E-state index is 0.543. The van der Waals surface area contributed by atoms with Crippen molar-refractivity contribution in [2.75, 3.05) is 0 Å². The zero-order chi connectivity index (χ0) is 27.0. The lowest BCUT2D eigenvalue weighted by atomic mass is 9.70. The number of allylic oxidation sites excluding steroid dienone is 1. The van der Waals surface area contributed by atoms with Gasteiger partial charge in [-0.3, -0.25) is 4.79 Å². The van der Waals surface area contributed by atoms with Crippen molar-refractivity contribution in [2.45, 2.75) is 35.3 Å². The van der Waals surface area contributed by atoms with Gasteiger partial charge in [0.15, 0.2) is 23.3 Å². The molecule has 0 radical (unpaired) electrons. The molecule has 0 amide bonds. The van der Waals surface area contributed by atoms with Gasteiger partial charge in [0.2, 0.25) is 5.78 Å². The van der Waals surface area contributed by atoms with Crippen LogP contribution in [0.4, 0.5) is 65.9 Å². The predicted molar refractivity (Wildman–Crippen MR) is 72.5 cm³/mol. The molecule has 3 nitrogen and oxygen atoms in total. The predicted octanol–water partition coefficient (Wildman–Crippen LogP) is 4.28. The smallest absolute Gasteiger partial charge is 0.384 e. The highest BCUT2D eigenvalue weighted by atomic mass is 19.4. The Bertz CT molecular complexity index is 1090. The molecule has 1 aliphatic carbocycles. The Morgan fingerprint density at radius 2 is 1.00 bits per heavy atom. The normalized spacial score (nSPS) is 23.8. The second kappa shape index (κ2) is 7.18. The van der Waals surface area contributed by atoms with Gasteiger partial charge < -0.3 is 5.11 Å². The summed E-state index contributed by atoms with van der Waals surface area (Å²) in [6.45, 7) is 0. The molecule has 0 unspecified atom stereocenters. The van der Waals surface area contributed by atoms with Gasteiger partial charge >= 0.3 is 35.3 Å². The largest absolute Gasteiger partial charge is 0.872 e. The Morgan fingerprint density at radius 1 is 0.676 bits per heavy atom. The van der Waals surface area contributed by atoms with Crippen molar-refractivity contribution in [2.24, 2.45) is 0 Å². The van der Waals surface area contributed by atoms with Crippen LogP contribution < -0.4 is 5.11 Å². The van der Waals surface area contributed by atoms with Gasteiger partial charge in [0.25, 0.3) is 0 Å². The Labute approximate surface area is 175 Å². The van der Waals surface area contributed by atoms with E-state index in [1.54, 1.807) is 0 Å². The van der Waals surface area contributed by atoms with E-state index < -0.39 is 87.3 Å². The van der Waals surface area contributed by atoms with Crippen LogP contribution in [0.3, 0.4) is 0 Å². The Hall–Kier alpha value is -3.13. The summed E-state index contributed by atoms with van der Waals surface area (Å²) in [5, 5.41) is 20.1. The van der Waals surface area contributed by atoms with Gasteiger partial charge in [0.1, 0.15) is 11.6 Å². The van der Waals surface area contributed by atoms with E-state index in [1.165, 1.54) is 0 Å². The van der Waals surface area contributed by atoms with Crippen molar-refractivity contribution >= 4 is 11.5 Å². The minimum Gasteiger partial charge on any atom is -0.872 e. The highest BCUT2D eigenvalue weighted by Crippen LogP contribution is 2.69. The quantitative estimate of drug-likeness (QED) is 0.257. The summed E-state index contributed by atoms with van der Waals surface area (Å²) >= 11 is 0. The Balaban J connectivity index is 2.85. The average molecular weight is 524 g/mol. The van der Waals surface area contributed by atoms with Crippen LogP contribution in [-0.2, 0) is 4.79 Å². The van der Waals surface area contributed by atoms with E-state index in [1.807, 2.05) is 0 Å². The van der Waals surface area contributed by atoms with Crippen LogP contribution in [0.5, 0.6) is 0 Å². The van der Waals surface area contributed by atoms with E-state index in [2.05, 4.69) is 0 Å². The van der Waals surface area contributed by atoms with Crippen LogP contribution >= 0.6 is 0 Å². The third-order valence-corrected chi connectivity index (χ3v) is 4.67. The number of rotatable bonds is 3. The number of nitriles is 1. The van der Waals surface area contributed by atoms with Gasteiger partial charge in [0, 0.05) is 5.56 Å². The maximum Gasteiger partial charge on any atom is 0.384 e. The number of benzene rings is 1. The third kappa shape index (κ3) is 2.72. The van der Waals surface area contributed by atoms with Gasteiger partial charge in [-0.2, -0.15) is 49.2 Å². The molecule has 0 spiro atoms. The fraction of sp³-hybridized carbons (Fsp3) is 0.375. The maximum absolute atomic E-state index is 14.5. The summed E-state index contributed by atoms with van der Waals surface area (Å²) in [4.78, 5) is 11.6. The lowest BCUT2D eigenvalue weighted by molar-refractivity contribution is -0.475. The summed E-state index contributed by atoms with van der Waals surface area (Å²) in [6.07, 6.45) is -1.70. The topological polar surface area (TPSA) is 63.9 Å². The monoisotopic (exact) mass is 524 g/mol. The highest BCUT2D eigenvalue weighted by molar-refractivity contribution is 6.03. The first-order valence-corrected chi connectivity index (χ1v) is 7.79. The summed E-state index contributed by atoms with van der Waals surface area (Å²) in [6, 6.07) is 0.543. The second-order valence-electron chi connectivity index (χ2n) is 6.52. The van der Waals surface area contributed by atoms with Crippen LogP contribution in [0.1, 0.15) is 11.1 Å². The van der Waals surface area contributed by atoms with Gasteiger partial charge in [-0.05, 0) is 6.08 Å². The fourth-order valence-electron chi connectivity index (χ4n) is 2.77. The van der Waals surface area contributed by atoms with Crippen LogP contribution in [0.25, 0.3) is 5.76 Å². The van der Waals surface area contributed by atoms with Gasteiger partial charge in [-0.25, -0.2) is 22.0 Å². The zero-order valence-corrected chi connectivity index (χ0v) is 15.0. The van der Waals surface area contributed by atoms with E-state index >= 15 is 0 Å². The summed E-state index contributed by atoms with van der Waals surface area (Å²) in [5.41, 5.74) is -12.1. The number of alkyl halides is 11. The molecule has 0 aliphatic heterocycles. The molecule has 0 N–H and O–H groups in total. The van der Waals surface area contributed by atoms with E-state index in [4.69, 9.17) is 5.26 Å². The first kappa shape index (κ1) is 27.1. The molecule has 1 aromatic rings. The fourth-order valence-corrected chi connectivity index (χ4v) is 2.77. The highest BCUT2D eigenvalue weighted by Gasteiger charge is 3.02. The van der Waals surface area contributed by atoms with Crippen molar-refractivity contribution in [3.63, 3.8) is 0 Å². The van der Waals surface area contributed by atoms with Crippen molar-refractivity contribution in [3.05, 3.63) is 40.5 Å². The SMILES string of the molecule is N#Cc1c(F)c(F)c(/C([O-])=C/C(=O)C2(F)C(F)(F)C(F)(F)C(F)(F)C(F)(F)C2(F)F)c(F)c1F. The number of carbonyl (C=O) groups excluding carboxylic acids is 1. The molecule has 2 rings (SSSR count). The van der Waals surface area contributed by atoms with Crippen LogP contribution in [0.2, 0.25) is 0 Å². The molecule has 0 saturated heterocycles. The van der Waals surface area contributed by atoms with Crippen molar-refractivity contribution in [1.29, 1.82) is 5.26 Å². The number of nitrogens with zero attached hydrogens (tertiary/aromatic N) is 1. The average Bonchev–Trinajstić information content (AvgIpc) is 2.70. The van der Waals surface area contributed by atoms with E-state index in [0.717, 1.165) is 0 Å². The molecule has 0 heterocycles. The molecule has 18 heteroatoms. The standard InChI is InChI=1S/C16H2F15NO2/c17-7-3(2-32)8(18)10(20)6(9(7)19)4(33)1-5(34)11(21)12(22,23)14(26,27)16(30,31)15(28,29)13(11,24)25/h1,33H/p-1/b4-1-. The van der Waals surface area contributed by atoms with Crippen molar-refractivity contribution in [3.8, 4) is 6.07 Å². The molecular formula is C16HF15NO2-. The Morgan fingerprint density at radius 3 is 1.32 bits per heavy atom. The van der Waals surface area contributed by atoms with Crippen LogP contribution in [0, 0.1) is 34.6 Å². The maximum atomic E-state index is 14.5.